The maximum atomic E-state index is 12.5. The van der Waals surface area contributed by atoms with Crippen LogP contribution in [0.5, 0.6) is 0 Å². The molecule has 0 saturated heterocycles. The van der Waals surface area contributed by atoms with Crippen molar-refractivity contribution in [1.82, 2.24) is 14.9 Å². The second-order valence-corrected chi connectivity index (χ2v) is 7.27. The number of para-hydroxylation sites is 2. The fraction of sp³-hybridized carbons (Fsp3) is 0.130. The van der Waals surface area contributed by atoms with Gasteiger partial charge in [0, 0.05) is 49.0 Å². The summed E-state index contributed by atoms with van der Waals surface area (Å²) in [6.07, 6.45) is 5.72. The number of hydrogen-bond donors (Lipinski definition) is 2. The van der Waals surface area contributed by atoms with E-state index < -0.39 is 0 Å². The van der Waals surface area contributed by atoms with E-state index in [1.165, 1.54) is 0 Å². The number of pyridine rings is 1. The van der Waals surface area contributed by atoms with Crippen LogP contribution in [0.2, 0.25) is 5.02 Å². The van der Waals surface area contributed by atoms with E-state index in [4.69, 9.17) is 11.6 Å². The van der Waals surface area contributed by atoms with E-state index in [0.717, 1.165) is 22.0 Å². The molecule has 0 radical (unpaired) electrons. The third-order valence-corrected chi connectivity index (χ3v) is 5.31. The molecule has 0 fully saturated rings. The summed E-state index contributed by atoms with van der Waals surface area (Å²) >= 11 is 6.14. The topological polar surface area (TPSA) is 59.0 Å². The monoisotopic (exact) mass is 404 g/mol. The van der Waals surface area contributed by atoms with E-state index in [0.29, 0.717) is 17.3 Å². The number of urea groups is 1. The van der Waals surface area contributed by atoms with Crippen LogP contribution in [0.4, 0.5) is 10.5 Å². The fourth-order valence-corrected chi connectivity index (χ4v) is 3.75. The Bertz CT molecular complexity index is 1140. The minimum absolute atomic E-state index is 0.0354. The van der Waals surface area contributed by atoms with Gasteiger partial charge in [-0.25, -0.2) is 4.79 Å². The Labute approximate surface area is 174 Å². The highest BCUT2D eigenvalue weighted by molar-refractivity contribution is 6.33. The van der Waals surface area contributed by atoms with Gasteiger partial charge in [-0.15, -0.1) is 0 Å². The number of nitrogens with one attached hydrogen (secondary N) is 2. The van der Waals surface area contributed by atoms with Gasteiger partial charge in [-0.3, -0.25) is 4.98 Å². The molecule has 0 bridgehead atoms. The Morgan fingerprint density at radius 1 is 1.10 bits per heavy atom. The maximum Gasteiger partial charge on any atom is 0.319 e. The number of rotatable bonds is 5. The normalized spacial score (nSPS) is 11.9. The number of anilines is 1. The molecule has 29 heavy (non-hydrogen) atoms. The van der Waals surface area contributed by atoms with Crippen molar-refractivity contribution in [3.63, 3.8) is 0 Å². The van der Waals surface area contributed by atoms with Gasteiger partial charge in [-0.1, -0.05) is 48.0 Å². The van der Waals surface area contributed by atoms with Crippen molar-refractivity contribution < 1.29 is 4.79 Å². The Morgan fingerprint density at radius 2 is 1.90 bits per heavy atom. The van der Waals surface area contributed by atoms with Crippen LogP contribution in [0.15, 0.2) is 79.3 Å². The summed E-state index contributed by atoms with van der Waals surface area (Å²) in [5, 5.41) is 7.46. The third-order valence-electron chi connectivity index (χ3n) is 4.98. The standard InChI is InChI=1S/C23H21ClN4O/c1-28-15-19(17-8-2-5-11-22(17)28)18(16-7-6-12-25-13-16)14-26-23(29)27-21-10-4-3-9-20(21)24/h2-13,15,18H,14H2,1H3,(H2,26,27,29). The summed E-state index contributed by atoms with van der Waals surface area (Å²) in [7, 11) is 2.03. The fourth-order valence-electron chi connectivity index (χ4n) is 3.56. The van der Waals surface area contributed by atoms with Crippen LogP contribution in [-0.2, 0) is 7.05 Å². The van der Waals surface area contributed by atoms with Gasteiger partial charge in [-0.2, -0.15) is 0 Å². The summed E-state index contributed by atoms with van der Waals surface area (Å²) in [6.45, 7) is 0.427. The number of hydrogen-bond acceptors (Lipinski definition) is 2. The van der Waals surface area contributed by atoms with Crippen molar-refractivity contribution in [1.29, 1.82) is 0 Å². The van der Waals surface area contributed by atoms with Gasteiger partial charge in [0.05, 0.1) is 10.7 Å². The molecule has 4 aromatic rings. The van der Waals surface area contributed by atoms with Crippen molar-refractivity contribution in [2.45, 2.75) is 5.92 Å². The summed E-state index contributed by atoms with van der Waals surface area (Å²) in [5.41, 5.74) is 3.92. The summed E-state index contributed by atoms with van der Waals surface area (Å²) < 4.78 is 2.11. The third kappa shape index (κ3) is 4.10. The maximum absolute atomic E-state index is 12.5. The number of carbonyl (C=O) groups excluding carboxylic acids is 1. The van der Waals surface area contributed by atoms with Gasteiger partial charge >= 0.3 is 6.03 Å². The Kier molecular flexibility index (Phi) is 5.49. The minimum atomic E-state index is -0.299. The highest BCUT2D eigenvalue weighted by Gasteiger charge is 2.20. The minimum Gasteiger partial charge on any atom is -0.350 e. The zero-order chi connectivity index (χ0) is 20.2. The molecule has 1 atom stereocenters. The number of amides is 2. The number of carbonyl (C=O) groups is 1. The smallest absolute Gasteiger partial charge is 0.319 e. The van der Waals surface area contributed by atoms with Crippen molar-refractivity contribution in [2.75, 3.05) is 11.9 Å². The van der Waals surface area contributed by atoms with Crippen LogP contribution >= 0.6 is 11.6 Å². The predicted molar refractivity (Wildman–Crippen MR) is 117 cm³/mol. The first-order valence-corrected chi connectivity index (χ1v) is 9.74. The molecule has 0 aliphatic rings. The molecular weight excluding hydrogens is 384 g/mol. The molecule has 2 aromatic carbocycles. The van der Waals surface area contributed by atoms with Crippen LogP contribution in [0.3, 0.4) is 0 Å². The van der Waals surface area contributed by atoms with E-state index in [1.807, 2.05) is 49.6 Å². The first-order chi connectivity index (χ1) is 14.1. The van der Waals surface area contributed by atoms with Crippen LogP contribution in [-0.4, -0.2) is 22.1 Å². The molecule has 0 aliphatic carbocycles. The van der Waals surface area contributed by atoms with Crippen LogP contribution in [0.1, 0.15) is 17.0 Å². The van der Waals surface area contributed by atoms with Gasteiger partial charge in [0.2, 0.25) is 0 Å². The van der Waals surface area contributed by atoms with Crippen molar-refractivity contribution in [2.24, 2.45) is 7.05 Å². The lowest BCUT2D eigenvalue weighted by atomic mass is 9.92. The Morgan fingerprint density at radius 3 is 2.69 bits per heavy atom. The predicted octanol–water partition coefficient (Wildman–Crippen LogP) is 5.18. The van der Waals surface area contributed by atoms with Gasteiger partial charge in [-0.05, 0) is 35.4 Å². The van der Waals surface area contributed by atoms with Crippen molar-refractivity contribution in [3.05, 3.63) is 95.4 Å². The largest absolute Gasteiger partial charge is 0.350 e. The number of aromatic nitrogens is 2. The first-order valence-electron chi connectivity index (χ1n) is 9.37. The molecule has 2 aromatic heterocycles. The summed E-state index contributed by atoms with van der Waals surface area (Å²) in [5.74, 6) is -0.0354. The molecule has 2 amide bonds. The van der Waals surface area contributed by atoms with Crippen LogP contribution in [0, 0.1) is 0 Å². The van der Waals surface area contributed by atoms with Gasteiger partial charge in [0.15, 0.2) is 0 Å². The highest BCUT2D eigenvalue weighted by Crippen LogP contribution is 2.31. The number of aryl methyl sites for hydroxylation is 1. The Balaban J connectivity index is 1.60. The molecular formula is C23H21ClN4O. The number of benzene rings is 2. The zero-order valence-corrected chi connectivity index (χ0v) is 16.7. The average Bonchev–Trinajstić information content (AvgIpc) is 3.07. The second-order valence-electron chi connectivity index (χ2n) is 6.87. The van der Waals surface area contributed by atoms with Gasteiger partial charge in [0.25, 0.3) is 0 Å². The highest BCUT2D eigenvalue weighted by atomic mass is 35.5. The van der Waals surface area contributed by atoms with E-state index in [2.05, 4.69) is 38.5 Å². The van der Waals surface area contributed by atoms with Crippen LogP contribution in [0.25, 0.3) is 10.9 Å². The molecule has 0 spiro atoms. The van der Waals surface area contributed by atoms with Crippen molar-refractivity contribution >= 4 is 34.2 Å². The molecule has 5 nitrogen and oxygen atoms in total. The SMILES string of the molecule is Cn1cc(C(CNC(=O)Nc2ccccc2Cl)c2cccnc2)c2ccccc21. The number of halogens is 1. The summed E-state index contributed by atoms with van der Waals surface area (Å²) in [6, 6.07) is 19.1. The summed E-state index contributed by atoms with van der Waals surface area (Å²) in [4.78, 5) is 16.8. The number of nitrogens with zero attached hydrogens (tertiary/aromatic N) is 2. The number of fused-ring (bicyclic) bond motifs is 1. The molecule has 6 heteroatoms. The van der Waals surface area contributed by atoms with E-state index in [9.17, 15) is 4.79 Å². The molecule has 2 N–H and O–H groups in total. The van der Waals surface area contributed by atoms with E-state index in [-0.39, 0.29) is 11.9 Å². The van der Waals surface area contributed by atoms with E-state index in [1.54, 1.807) is 18.3 Å². The van der Waals surface area contributed by atoms with Crippen molar-refractivity contribution in [3.8, 4) is 0 Å². The lowest BCUT2D eigenvalue weighted by molar-refractivity contribution is 0.252. The molecule has 0 aliphatic heterocycles. The lowest BCUT2D eigenvalue weighted by Gasteiger charge is -2.18. The molecule has 4 rings (SSSR count). The lowest BCUT2D eigenvalue weighted by Crippen LogP contribution is -2.32. The van der Waals surface area contributed by atoms with Gasteiger partial charge in [0.1, 0.15) is 0 Å². The molecule has 1 unspecified atom stereocenters. The first kappa shape index (κ1) is 19.0. The van der Waals surface area contributed by atoms with Crippen LogP contribution < -0.4 is 10.6 Å². The molecule has 0 saturated carbocycles. The quantitative estimate of drug-likeness (QED) is 0.481. The zero-order valence-electron chi connectivity index (χ0n) is 16.0. The second kappa shape index (κ2) is 8.37. The Hall–Kier alpha value is -3.31. The average molecular weight is 405 g/mol. The van der Waals surface area contributed by atoms with E-state index >= 15 is 0 Å². The molecule has 2 heterocycles. The van der Waals surface area contributed by atoms with Gasteiger partial charge < -0.3 is 15.2 Å². The molecule has 146 valence electrons.